The Morgan fingerprint density at radius 3 is 2.85 bits per heavy atom. The molecule has 1 aromatic carbocycles. The molecule has 2 rings (SSSR count). The zero-order valence-electron chi connectivity index (χ0n) is 10.8. The number of aryl methyl sites for hydroxylation is 1. The number of amides is 1. The summed E-state index contributed by atoms with van der Waals surface area (Å²) in [4.78, 5) is 15.6. The molecule has 0 saturated heterocycles. The van der Waals surface area contributed by atoms with E-state index in [1.54, 1.807) is 18.2 Å². The molecule has 0 aliphatic heterocycles. The lowest BCUT2D eigenvalue weighted by atomic mass is 10.2. The van der Waals surface area contributed by atoms with E-state index in [1.807, 2.05) is 0 Å². The lowest BCUT2D eigenvalue weighted by molar-refractivity contribution is -0.120. The van der Waals surface area contributed by atoms with E-state index >= 15 is 0 Å². The molecule has 0 aliphatic rings. The third-order valence-corrected chi connectivity index (χ3v) is 2.58. The van der Waals surface area contributed by atoms with Crippen LogP contribution in [0.4, 0.5) is 4.39 Å². The largest absolute Gasteiger partial charge is 0.353 e. The predicted octanol–water partition coefficient (Wildman–Crippen LogP) is 2.11. The fraction of sp³-hybridized carbons (Fsp3) is 0.214. The van der Waals surface area contributed by atoms with Gasteiger partial charge in [-0.1, -0.05) is 11.2 Å². The summed E-state index contributed by atoms with van der Waals surface area (Å²) in [5, 5.41) is 6.46. The second-order valence-corrected chi connectivity index (χ2v) is 4.11. The lowest BCUT2D eigenvalue weighted by Crippen LogP contribution is -2.23. The Kier molecular flexibility index (Phi) is 4.60. The fourth-order valence-corrected chi connectivity index (χ4v) is 1.57. The summed E-state index contributed by atoms with van der Waals surface area (Å²) < 4.78 is 17.9. The molecular weight excluding hydrogens is 261 g/mol. The van der Waals surface area contributed by atoms with Gasteiger partial charge in [0.1, 0.15) is 5.82 Å². The average Bonchev–Trinajstić information content (AvgIpc) is 2.92. The Balaban J connectivity index is 1.94. The van der Waals surface area contributed by atoms with E-state index in [4.69, 9.17) is 4.52 Å². The zero-order valence-corrected chi connectivity index (χ0v) is 10.8. The number of hydrogen-bond donors (Lipinski definition) is 1. The van der Waals surface area contributed by atoms with Crippen molar-refractivity contribution in [2.75, 3.05) is 6.54 Å². The van der Waals surface area contributed by atoms with Crippen molar-refractivity contribution in [3.8, 4) is 11.4 Å². The van der Waals surface area contributed by atoms with Crippen molar-refractivity contribution in [1.82, 2.24) is 15.5 Å². The second kappa shape index (κ2) is 6.60. The number of rotatable bonds is 6. The van der Waals surface area contributed by atoms with Crippen molar-refractivity contribution in [2.24, 2.45) is 0 Å². The van der Waals surface area contributed by atoms with Crippen molar-refractivity contribution in [1.29, 1.82) is 0 Å². The van der Waals surface area contributed by atoms with Gasteiger partial charge in [0.2, 0.25) is 17.6 Å². The van der Waals surface area contributed by atoms with Gasteiger partial charge in [0.25, 0.3) is 0 Å². The minimum Gasteiger partial charge on any atom is -0.353 e. The van der Waals surface area contributed by atoms with Gasteiger partial charge in [0.15, 0.2) is 0 Å². The molecule has 1 amide bonds. The highest BCUT2D eigenvalue weighted by molar-refractivity contribution is 5.76. The summed E-state index contributed by atoms with van der Waals surface area (Å²) in [6, 6.07) is 5.80. The maximum atomic E-state index is 12.8. The van der Waals surface area contributed by atoms with Crippen LogP contribution in [0.3, 0.4) is 0 Å². The predicted molar refractivity (Wildman–Crippen MR) is 71.2 cm³/mol. The smallest absolute Gasteiger partial charge is 0.227 e. The molecule has 0 saturated carbocycles. The maximum absolute atomic E-state index is 12.8. The average molecular weight is 275 g/mol. The first-order chi connectivity index (χ1) is 9.69. The SMILES string of the molecule is C=CCNC(=O)CCc1nc(-c2ccc(F)cc2)no1. The Morgan fingerprint density at radius 1 is 1.40 bits per heavy atom. The van der Waals surface area contributed by atoms with E-state index in [0.717, 1.165) is 0 Å². The van der Waals surface area contributed by atoms with E-state index in [0.29, 0.717) is 30.2 Å². The zero-order chi connectivity index (χ0) is 14.4. The summed E-state index contributed by atoms with van der Waals surface area (Å²) in [5.41, 5.74) is 0.664. The topological polar surface area (TPSA) is 68.0 Å². The number of carbonyl (C=O) groups excluding carboxylic acids is 1. The highest BCUT2D eigenvalue weighted by Gasteiger charge is 2.10. The highest BCUT2D eigenvalue weighted by atomic mass is 19.1. The molecule has 1 heterocycles. The summed E-state index contributed by atoms with van der Waals surface area (Å²) in [6.45, 7) is 3.95. The molecule has 1 aromatic heterocycles. The third kappa shape index (κ3) is 3.74. The number of hydrogen-bond acceptors (Lipinski definition) is 4. The van der Waals surface area contributed by atoms with Gasteiger partial charge in [-0.25, -0.2) is 4.39 Å². The molecule has 5 nitrogen and oxygen atoms in total. The van der Waals surface area contributed by atoms with Crippen molar-refractivity contribution in [2.45, 2.75) is 12.8 Å². The van der Waals surface area contributed by atoms with Gasteiger partial charge in [0, 0.05) is 24.9 Å². The standard InChI is InChI=1S/C14H14FN3O2/c1-2-9-16-12(19)7-8-13-17-14(18-20-13)10-3-5-11(15)6-4-10/h2-6H,1,7-9H2,(H,16,19). The molecule has 0 fully saturated rings. The summed E-state index contributed by atoms with van der Waals surface area (Å²) >= 11 is 0. The van der Waals surface area contributed by atoms with E-state index in [1.165, 1.54) is 12.1 Å². The molecule has 104 valence electrons. The van der Waals surface area contributed by atoms with Gasteiger partial charge >= 0.3 is 0 Å². The Bertz CT molecular complexity index is 593. The van der Waals surface area contributed by atoms with Crippen LogP contribution in [0.25, 0.3) is 11.4 Å². The first-order valence-corrected chi connectivity index (χ1v) is 6.15. The Labute approximate surface area is 115 Å². The minimum atomic E-state index is -0.323. The Hall–Kier alpha value is -2.50. The van der Waals surface area contributed by atoms with E-state index in [-0.39, 0.29) is 18.1 Å². The minimum absolute atomic E-state index is 0.105. The molecule has 20 heavy (non-hydrogen) atoms. The number of halogens is 1. The molecule has 2 aromatic rings. The van der Waals surface area contributed by atoms with E-state index in [9.17, 15) is 9.18 Å². The number of aromatic nitrogens is 2. The van der Waals surface area contributed by atoms with Crippen LogP contribution in [0.2, 0.25) is 0 Å². The quantitative estimate of drug-likeness (QED) is 0.820. The number of nitrogens with one attached hydrogen (secondary N) is 1. The maximum Gasteiger partial charge on any atom is 0.227 e. The molecule has 1 N–H and O–H groups in total. The van der Waals surface area contributed by atoms with Crippen LogP contribution in [-0.2, 0) is 11.2 Å². The summed E-state index contributed by atoms with van der Waals surface area (Å²) in [7, 11) is 0. The van der Waals surface area contributed by atoms with Crippen LogP contribution >= 0.6 is 0 Å². The van der Waals surface area contributed by atoms with Crippen LogP contribution < -0.4 is 5.32 Å². The Morgan fingerprint density at radius 2 is 2.15 bits per heavy atom. The molecule has 0 unspecified atom stereocenters. The number of benzene rings is 1. The van der Waals surface area contributed by atoms with Crippen LogP contribution in [-0.4, -0.2) is 22.6 Å². The normalized spacial score (nSPS) is 10.2. The number of carbonyl (C=O) groups is 1. The van der Waals surface area contributed by atoms with E-state index < -0.39 is 0 Å². The first-order valence-electron chi connectivity index (χ1n) is 6.15. The van der Waals surface area contributed by atoms with Gasteiger partial charge in [-0.2, -0.15) is 4.98 Å². The molecular formula is C14H14FN3O2. The van der Waals surface area contributed by atoms with Crippen molar-refractivity contribution < 1.29 is 13.7 Å². The molecule has 0 atom stereocenters. The van der Waals surface area contributed by atoms with Crippen molar-refractivity contribution in [3.63, 3.8) is 0 Å². The number of nitrogens with zero attached hydrogens (tertiary/aromatic N) is 2. The fourth-order valence-electron chi connectivity index (χ4n) is 1.57. The van der Waals surface area contributed by atoms with Crippen molar-refractivity contribution in [3.05, 3.63) is 48.6 Å². The molecule has 0 spiro atoms. The first kappa shape index (κ1) is 13.9. The van der Waals surface area contributed by atoms with Crippen molar-refractivity contribution >= 4 is 5.91 Å². The van der Waals surface area contributed by atoms with Gasteiger partial charge in [-0.3, -0.25) is 4.79 Å². The van der Waals surface area contributed by atoms with Gasteiger partial charge in [0.05, 0.1) is 0 Å². The molecule has 6 heteroatoms. The monoisotopic (exact) mass is 275 g/mol. The lowest BCUT2D eigenvalue weighted by Gasteiger charge is -1.98. The van der Waals surface area contributed by atoms with Crippen LogP contribution in [0, 0.1) is 5.82 Å². The highest BCUT2D eigenvalue weighted by Crippen LogP contribution is 2.16. The van der Waals surface area contributed by atoms with Gasteiger partial charge in [-0.05, 0) is 24.3 Å². The summed E-state index contributed by atoms with van der Waals surface area (Å²) in [5.74, 6) is 0.326. The van der Waals surface area contributed by atoms with Crippen LogP contribution in [0.15, 0.2) is 41.4 Å². The van der Waals surface area contributed by atoms with Crippen LogP contribution in [0.1, 0.15) is 12.3 Å². The van der Waals surface area contributed by atoms with Gasteiger partial charge < -0.3 is 9.84 Å². The van der Waals surface area contributed by atoms with E-state index in [2.05, 4.69) is 22.0 Å². The van der Waals surface area contributed by atoms with Crippen LogP contribution in [0.5, 0.6) is 0 Å². The second-order valence-electron chi connectivity index (χ2n) is 4.11. The molecule has 0 radical (unpaired) electrons. The summed E-state index contributed by atoms with van der Waals surface area (Å²) in [6.07, 6.45) is 2.23. The van der Waals surface area contributed by atoms with Gasteiger partial charge in [-0.15, -0.1) is 6.58 Å². The molecule has 0 bridgehead atoms. The molecule has 0 aliphatic carbocycles. The third-order valence-electron chi connectivity index (χ3n) is 2.58.